The van der Waals surface area contributed by atoms with Crippen molar-refractivity contribution in [1.29, 1.82) is 0 Å². The van der Waals surface area contributed by atoms with E-state index in [0.717, 1.165) is 36.3 Å². The molecule has 388 valence electrons. The van der Waals surface area contributed by atoms with Crippen molar-refractivity contribution in [2.24, 2.45) is 0 Å². The molecule has 13 rings (SSSR count). The van der Waals surface area contributed by atoms with Gasteiger partial charge in [0.05, 0.1) is 17.1 Å². The van der Waals surface area contributed by atoms with E-state index >= 15 is 0 Å². The number of benzene rings is 8. The number of hydrogen-bond acceptors (Lipinski definition) is 4. The largest absolute Gasteiger partial charge is 0.311 e. The van der Waals surface area contributed by atoms with Gasteiger partial charge in [-0.3, -0.25) is 0 Å². The second-order valence-electron chi connectivity index (χ2n) is 27.4. The van der Waals surface area contributed by atoms with E-state index in [1.807, 2.05) is 11.3 Å². The molecule has 2 aliphatic carbocycles. The summed E-state index contributed by atoms with van der Waals surface area (Å²) in [7, 11) is 0. The molecule has 0 N–H and O–H groups in total. The highest BCUT2D eigenvalue weighted by molar-refractivity contribution is 7.33. The van der Waals surface area contributed by atoms with Crippen LogP contribution in [0.3, 0.4) is 0 Å². The molecule has 0 radical (unpaired) electrons. The first-order valence-corrected chi connectivity index (χ1v) is 29.5. The van der Waals surface area contributed by atoms with E-state index < -0.39 is 0 Å². The lowest BCUT2D eigenvalue weighted by Crippen LogP contribution is -2.61. The molecule has 5 heteroatoms. The molecule has 77 heavy (non-hydrogen) atoms. The van der Waals surface area contributed by atoms with Crippen molar-refractivity contribution in [2.75, 3.05) is 14.7 Å². The van der Waals surface area contributed by atoms with Crippen LogP contribution < -0.4 is 30.4 Å². The summed E-state index contributed by atoms with van der Waals surface area (Å²) >= 11 is 2.02. The summed E-state index contributed by atoms with van der Waals surface area (Å²) in [4.78, 5) is 8.00. The van der Waals surface area contributed by atoms with Crippen LogP contribution in [0.2, 0.25) is 0 Å². The van der Waals surface area contributed by atoms with Crippen LogP contribution in [0.4, 0.5) is 51.2 Å². The van der Waals surface area contributed by atoms with Crippen LogP contribution in [0, 0.1) is 6.92 Å². The van der Waals surface area contributed by atoms with E-state index in [-0.39, 0.29) is 33.8 Å². The van der Waals surface area contributed by atoms with Crippen LogP contribution in [0.1, 0.15) is 161 Å². The highest BCUT2D eigenvalue weighted by Gasteiger charge is 2.49. The number of hydrogen-bond donors (Lipinski definition) is 0. The molecule has 3 nitrogen and oxygen atoms in total. The van der Waals surface area contributed by atoms with Gasteiger partial charge >= 0.3 is 0 Å². The minimum atomic E-state index is -0.0276. The van der Waals surface area contributed by atoms with Gasteiger partial charge in [-0.2, -0.15) is 0 Å². The summed E-state index contributed by atoms with van der Waals surface area (Å²) in [6.45, 7) is 34.0. The molecule has 0 fully saturated rings. The van der Waals surface area contributed by atoms with Crippen molar-refractivity contribution in [2.45, 2.75) is 156 Å². The molecule has 0 amide bonds. The highest BCUT2D eigenvalue weighted by atomic mass is 32.1. The Hall–Kier alpha value is -6.56. The Morgan fingerprint density at radius 2 is 1.10 bits per heavy atom. The van der Waals surface area contributed by atoms with Gasteiger partial charge < -0.3 is 14.7 Å². The van der Waals surface area contributed by atoms with Gasteiger partial charge in [0.1, 0.15) is 0 Å². The van der Waals surface area contributed by atoms with Crippen molar-refractivity contribution in [3.8, 4) is 0 Å². The Morgan fingerprint density at radius 3 is 1.74 bits per heavy atom. The molecule has 8 aromatic carbocycles. The SMILES string of the molecule is Cc1cc2c(cc1N1c3cc4c(cc3B3c5sc6ccc(C(C)(C)C)cc6c5N(c5ccc(C(C)C)cc5)c5cc(N(c6ccccc6)c6cccc7ccccc67)cc1c53)C(C)(C)CCC4(C)C)C(C)(C)CCC2(C)C. The average molecular weight is 1030 g/mol. The smallest absolute Gasteiger partial charge is 0.264 e. The fraction of sp³-hybridized carbons (Fsp3) is 0.333. The van der Waals surface area contributed by atoms with Crippen molar-refractivity contribution in [3.63, 3.8) is 0 Å². The molecule has 4 aliphatic rings. The van der Waals surface area contributed by atoms with Crippen LogP contribution in [-0.2, 0) is 27.1 Å². The number of rotatable bonds is 6. The van der Waals surface area contributed by atoms with Crippen molar-refractivity contribution in [3.05, 3.63) is 191 Å². The first-order chi connectivity index (χ1) is 36.5. The number of para-hydroxylation sites is 1. The molecule has 0 saturated heterocycles. The maximum atomic E-state index is 2.77. The van der Waals surface area contributed by atoms with Gasteiger partial charge in [-0.1, -0.05) is 175 Å². The van der Waals surface area contributed by atoms with Crippen LogP contribution in [0.15, 0.2) is 152 Å². The summed E-state index contributed by atoms with van der Waals surface area (Å²) in [6, 6.07) is 59.6. The summed E-state index contributed by atoms with van der Waals surface area (Å²) < 4.78 is 2.76. The minimum absolute atomic E-state index is 0.00582. The van der Waals surface area contributed by atoms with Crippen molar-refractivity contribution >= 4 is 106 Å². The number of nitrogens with zero attached hydrogens (tertiary/aromatic N) is 3. The Kier molecular flexibility index (Phi) is 11.2. The lowest BCUT2D eigenvalue weighted by molar-refractivity contribution is 0.331. The van der Waals surface area contributed by atoms with Gasteiger partial charge in [-0.15, -0.1) is 11.3 Å². The second-order valence-corrected chi connectivity index (χ2v) is 28.5. The lowest BCUT2D eigenvalue weighted by atomic mass is 9.35. The topological polar surface area (TPSA) is 9.72 Å². The molecule has 0 unspecified atom stereocenters. The van der Waals surface area contributed by atoms with Crippen LogP contribution in [-0.4, -0.2) is 6.71 Å². The predicted molar refractivity (Wildman–Crippen MR) is 336 cm³/mol. The standard InChI is InChI=1S/C72H76BN3S/c1-44(2)46-27-30-50(31-28-46)75-62-39-51(74(49-23-16-15-17-24-49)59-26-20-22-47-21-18-19-25-52(47)59)40-63-65(62)73(67-66(75)53-38-48(68(4,5)6)29-32-64(53)77-67)58-41-55-57(72(13,14)36-34-70(55,9)10)43-61(58)76(63)60-42-56-54(37-45(60)3)69(7,8)33-35-71(56,11)12/h15-32,37-44H,33-36H2,1-14H3. The zero-order valence-corrected chi connectivity index (χ0v) is 49.0. The summed E-state index contributed by atoms with van der Waals surface area (Å²) in [5, 5.41) is 3.78. The fourth-order valence-electron chi connectivity index (χ4n) is 14.0. The monoisotopic (exact) mass is 1030 g/mol. The third kappa shape index (κ3) is 7.78. The molecule has 0 spiro atoms. The number of thiophene rings is 1. The first kappa shape index (κ1) is 50.0. The third-order valence-electron chi connectivity index (χ3n) is 19.0. The molecule has 3 heterocycles. The molecule has 0 atom stereocenters. The second kappa shape index (κ2) is 17.2. The lowest BCUT2D eigenvalue weighted by Gasteiger charge is -2.48. The normalized spacial score (nSPS) is 17.5. The zero-order valence-electron chi connectivity index (χ0n) is 48.2. The zero-order chi connectivity index (χ0) is 53.9. The van der Waals surface area contributed by atoms with E-state index in [1.165, 1.54) is 116 Å². The van der Waals surface area contributed by atoms with Gasteiger partial charge in [0, 0.05) is 54.4 Å². The number of fused-ring (bicyclic) bond motifs is 9. The third-order valence-corrected chi connectivity index (χ3v) is 20.2. The molecular formula is C72H76BN3S. The Bertz CT molecular complexity index is 3860. The number of aryl methyl sites for hydroxylation is 1. The molecule has 1 aromatic heterocycles. The fourth-order valence-corrected chi connectivity index (χ4v) is 15.3. The maximum absolute atomic E-state index is 2.77. The summed E-state index contributed by atoms with van der Waals surface area (Å²) in [5.41, 5.74) is 23.9. The Balaban J connectivity index is 1.22. The van der Waals surface area contributed by atoms with Gasteiger partial charge in [-0.05, 0) is 188 Å². The van der Waals surface area contributed by atoms with Crippen LogP contribution in [0.25, 0.3) is 20.9 Å². The van der Waals surface area contributed by atoms with Gasteiger partial charge in [-0.25, -0.2) is 0 Å². The molecule has 0 saturated carbocycles. The molecule has 2 aliphatic heterocycles. The van der Waals surface area contributed by atoms with Gasteiger partial charge in [0.2, 0.25) is 0 Å². The van der Waals surface area contributed by atoms with Gasteiger partial charge in [0.25, 0.3) is 6.71 Å². The van der Waals surface area contributed by atoms with E-state index in [2.05, 4.69) is 263 Å². The van der Waals surface area contributed by atoms with Crippen molar-refractivity contribution < 1.29 is 0 Å². The van der Waals surface area contributed by atoms with Gasteiger partial charge in [0.15, 0.2) is 0 Å². The first-order valence-electron chi connectivity index (χ1n) is 28.6. The maximum Gasteiger partial charge on any atom is 0.264 e. The summed E-state index contributed by atoms with van der Waals surface area (Å²) in [6.07, 6.45) is 4.65. The Labute approximate surface area is 464 Å². The molecular weight excluding hydrogens is 950 g/mol. The molecule has 0 bridgehead atoms. The molecule has 9 aromatic rings. The summed E-state index contributed by atoms with van der Waals surface area (Å²) in [5.74, 6) is 0.415. The van der Waals surface area contributed by atoms with E-state index in [1.54, 1.807) is 0 Å². The highest BCUT2D eigenvalue weighted by Crippen LogP contribution is 2.56. The Morgan fingerprint density at radius 1 is 0.532 bits per heavy atom. The van der Waals surface area contributed by atoms with E-state index in [4.69, 9.17) is 0 Å². The minimum Gasteiger partial charge on any atom is -0.311 e. The van der Waals surface area contributed by atoms with Crippen molar-refractivity contribution in [1.82, 2.24) is 0 Å². The van der Waals surface area contributed by atoms with Crippen LogP contribution >= 0.6 is 11.3 Å². The quantitative estimate of drug-likeness (QED) is 0.154. The number of anilines is 9. The van der Waals surface area contributed by atoms with Crippen LogP contribution in [0.5, 0.6) is 0 Å². The average Bonchev–Trinajstić information content (AvgIpc) is 4.04. The van der Waals surface area contributed by atoms with E-state index in [0.29, 0.717) is 5.92 Å². The van der Waals surface area contributed by atoms with E-state index in [9.17, 15) is 0 Å². The predicted octanol–water partition coefficient (Wildman–Crippen LogP) is 19.0.